The minimum atomic E-state index is -0.682. The number of ether oxygens (including phenoxy) is 2. The SMILES string of the molecule is COc1ccc(C(C)(C)C(=O)N(Cc2ccccc2)C(C)C)cc1OC. The van der Waals surface area contributed by atoms with Crippen LogP contribution in [0.25, 0.3) is 0 Å². The van der Waals surface area contributed by atoms with Gasteiger partial charge in [0.1, 0.15) is 0 Å². The molecule has 2 aromatic rings. The first-order valence-corrected chi connectivity index (χ1v) is 8.88. The summed E-state index contributed by atoms with van der Waals surface area (Å²) in [7, 11) is 3.21. The van der Waals surface area contributed by atoms with Crippen molar-refractivity contribution in [1.82, 2.24) is 4.90 Å². The average Bonchev–Trinajstić information content (AvgIpc) is 2.65. The third kappa shape index (κ3) is 4.18. The summed E-state index contributed by atoms with van der Waals surface area (Å²) in [5.74, 6) is 1.37. The Kier molecular flexibility index (Phi) is 6.30. The zero-order chi connectivity index (χ0) is 19.3. The molecule has 0 saturated carbocycles. The van der Waals surface area contributed by atoms with Crippen molar-refractivity contribution >= 4 is 5.91 Å². The molecular weight excluding hydrogens is 326 g/mol. The smallest absolute Gasteiger partial charge is 0.233 e. The molecule has 140 valence electrons. The van der Waals surface area contributed by atoms with Crippen LogP contribution in [-0.2, 0) is 16.8 Å². The first-order chi connectivity index (χ1) is 12.3. The lowest BCUT2D eigenvalue weighted by Gasteiger charge is -2.35. The average molecular weight is 355 g/mol. The van der Waals surface area contributed by atoms with Gasteiger partial charge in [-0.15, -0.1) is 0 Å². The summed E-state index contributed by atoms with van der Waals surface area (Å²) in [6, 6.07) is 15.8. The molecule has 0 aromatic heterocycles. The number of amides is 1. The van der Waals surface area contributed by atoms with Gasteiger partial charge in [0.15, 0.2) is 11.5 Å². The van der Waals surface area contributed by atoms with Crippen molar-refractivity contribution < 1.29 is 14.3 Å². The Balaban J connectivity index is 2.34. The number of carbonyl (C=O) groups excluding carboxylic acids is 1. The van der Waals surface area contributed by atoms with Gasteiger partial charge in [-0.1, -0.05) is 36.4 Å². The van der Waals surface area contributed by atoms with Crippen LogP contribution in [0.1, 0.15) is 38.8 Å². The van der Waals surface area contributed by atoms with Crippen LogP contribution >= 0.6 is 0 Å². The van der Waals surface area contributed by atoms with E-state index in [9.17, 15) is 4.79 Å². The summed E-state index contributed by atoms with van der Waals surface area (Å²) in [4.78, 5) is 15.3. The van der Waals surface area contributed by atoms with Gasteiger partial charge in [-0.2, -0.15) is 0 Å². The number of hydrogen-bond donors (Lipinski definition) is 0. The van der Waals surface area contributed by atoms with Crippen LogP contribution in [0.5, 0.6) is 11.5 Å². The van der Waals surface area contributed by atoms with Crippen LogP contribution in [0.2, 0.25) is 0 Å². The molecule has 0 aliphatic heterocycles. The highest BCUT2D eigenvalue weighted by molar-refractivity contribution is 5.87. The monoisotopic (exact) mass is 355 g/mol. The molecule has 4 nitrogen and oxygen atoms in total. The third-order valence-corrected chi connectivity index (χ3v) is 4.72. The second-order valence-electron chi connectivity index (χ2n) is 7.21. The molecule has 0 unspecified atom stereocenters. The molecule has 26 heavy (non-hydrogen) atoms. The molecule has 2 aromatic carbocycles. The maximum Gasteiger partial charge on any atom is 0.233 e. The highest BCUT2D eigenvalue weighted by Gasteiger charge is 2.35. The van der Waals surface area contributed by atoms with E-state index in [0.717, 1.165) is 11.1 Å². The summed E-state index contributed by atoms with van der Waals surface area (Å²) >= 11 is 0. The van der Waals surface area contributed by atoms with Crippen molar-refractivity contribution in [2.45, 2.75) is 45.7 Å². The quantitative estimate of drug-likeness (QED) is 0.738. The Hall–Kier alpha value is -2.49. The Morgan fingerprint density at radius 2 is 1.62 bits per heavy atom. The van der Waals surface area contributed by atoms with Crippen LogP contribution in [0.15, 0.2) is 48.5 Å². The van der Waals surface area contributed by atoms with E-state index >= 15 is 0 Å². The minimum absolute atomic E-state index is 0.0866. The first-order valence-electron chi connectivity index (χ1n) is 8.88. The Morgan fingerprint density at radius 1 is 1.00 bits per heavy atom. The van der Waals surface area contributed by atoms with Gasteiger partial charge < -0.3 is 14.4 Å². The molecule has 0 atom stereocenters. The Labute approximate surface area is 156 Å². The summed E-state index contributed by atoms with van der Waals surface area (Å²) in [5.41, 5.74) is 1.34. The summed E-state index contributed by atoms with van der Waals surface area (Å²) in [6.45, 7) is 8.60. The predicted octanol–water partition coefficient (Wildman–Crippen LogP) is 4.42. The lowest BCUT2D eigenvalue weighted by Crippen LogP contribution is -2.46. The van der Waals surface area contributed by atoms with E-state index in [2.05, 4.69) is 0 Å². The molecule has 0 aliphatic rings. The number of hydrogen-bond acceptors (Lipinski definition) is 3. The fourth-order valence-electron chi connectivity index (χ4n) is 2.98. The molecule has 0 fully saturated rings. The van der Waals surface area contributed by atoms with Gasteiger partial charge in [-0.25, -0.2) is 0 Å². The first kappa shape index (κ1) is 19.8. The van der Waals surface area contributed by atoms with Crippen LogP contribution in [0.3, 0.4) is 0 Å². The number of nitrogens with zero attached hydrogens (tertiary/aromatic N) is 1. The third-order valence-electron chi connectivity index (χ3n) is 4.72. The van der Waals surface area contributed by atoms with Crippen molar-refractivity contribution in [2.24, 2.45) is 0 Å². The van der Waals surface area contributed by atoms with Crippen molar-refractivity contribution in [2.75, 3.05) is 14.2 Å². The molecule has 0 bridgehead atoms. The van der Waals surface area contributed by atoms with E-state index in [1.165, 1.54) is 0 Å². The van der Waals surface area contributed by atoms with Gasteiger partial charge >= 0.3 is 0 Å². The van der Waals surface area contributed by atoms with Crippen molar-refractivity contribution in [3.8, 4) is 11.5 Å². The van der Waals surface area contributed by atoms with Crippen molar-refractivity contribution in [3.63, 3.8) is 0 Å². The lowest BCUT2D eigenvalue weighted by atomic mass is 9.82. The molecule has 0 N–H and O–H groups in total. The van der Waals surface area contributed by atoms with Crippen LogP contribution in [0.4, 0.5) is 0 Å². The molecule has 0 spiro atoms. The van der Waals surface area contributed by atoms with E-state index in [1.54, 1.807) is 14.2 Å². The molecule has 2 rings (SSSR count). The summed E-state index contributed by atoms with van der Waals surface area (Å²) in [6.07, 6.45) is 0. The highest BCUT2D eigenvalue weighted by Crippen LogP contribution is 2.34. The zero-order valence-corrected chi connectivity index (χ0v) is 16.6. The molecule has 0 aliphatic carbocycles. The second kappa shape index (κ2) is 8.26. The highest BCUT2D eigenvalue weighted by atomic mass is 16.5. The zero-order valence-electron chi connectivity index (χ0n) is 16.6. The second-order valence-corrected chi connectivity index (χ2v) is 7.21. The molecule has 4 heteroatoms. The van der Waals surface area contributed by atoms with Crippen LogP contribution < -0.4 is 9.47 Å². The van der Waals surface area contributed by atoms with Crippen LogP contribution in [-0.4, -0.2) is 31.1 Å². The van der Waals surface area contributed by atoms with Gasteiger partial charge in [0.2, 0.25) is 5.91 Å². The number of rotatable bonds is 7. The van der Waals surface area contributed by atoms with Gasteiger partial charge in [0.25, 0.3) is 0 Å². The summed E-state index contributed by atoms with van der Waals surface area (Å²) < 4.78 is 10.7. The largest absolute Gasteiger partial charge is 0.493 e. The minimum Gasteiger partial charge on any atom is -0.493 e. The Bertz CT molecular complexity index is 738. The van der Waals surface area contributed by atoms with Gasteiger partial charge in [0, 0.05) is 12.6 Å². The maximum atomic E-state index is 13.4. The number of methoxy groups -OCH3 is 2. The van der Waals surface area contributed by atoms with Crippen molar-refractivity contribution in [3.05, 3.63) is 59.7 Å². The Morgan fingerprint density at radius 3 is 2.15 bits per heavy atom. The van der Waals surface area contributed by atoms with E-state index < -0.39 is 5.41 Å². The molecule has 1 amide bonds. The topological polar surface area (TPSA) is 38.8 Å². The van der Waals surface area contributed by atoms with Crippen LogP contribution in [0, 0.1) is 0 Å². The predicted molar refractivity (Wildman–Crippen MR) is 105 cm³/mol. The fraction of sp³-hybridized carbons (Fsp3) is 0.409. The van der Waals surface area contributed by atoms with E-state index in [1.807, 2.05) is 81.1 Å². The molecular formula is C22H29NO3. The summed E-state index contributed by atoms with van der Waals surface area (Å²) in [5, 5.41) is 0. The molecule has 0 radical (unpaired) electrons. The van der Waals surface area contributed by atoms with E-state index in [0.29, 0.717) is 18.0 Å². The normalized spacial score (nSPS) is 11.3. The molecule has 0 heterocycles. The number of carbonyl (C=O) groups is 1. The fourth-order valence-corrected chi connectivity index (χ4v) is 2.98. The van der Waals surface area contributed by atoms with Gasteiger partial charge in [-0.3, -0.25) is 4.79 Å². The standard InChI is InChI=1S/C22H29NO3/c1-16(2)23(15-17-10-8-7-9-11-17)21(24)22(3,4)18-12-13-19(25-5)20(14-18)26-6/h7-14,16H,15H2,1-6H3. The lowest BCUT2D eigenvalue weighted by molar-refractivity contribution is -0.138. The number of benzene rings is 2. The van der Waals surface area contributed by atoms with Crippen molar-refractivity contribution in [1.29, 1.82) is 0 Å². The maximum absolute atomic E-state index is 13.4. The van der Waals surface area contributed by atoms with Gasteiger partial charge in [0.05, 0.1) is 19.6 Å². The van der Waals surface area contributed by atoms with Gasteiger partial charge in [-0.05, 0) is 51.0 Å². The molecule has 0 saturated heterocycles. The van der Waals surface area contributed by atoms with E-state index in [-0.39, 0.29) is 11.9 Å². The van der Waals surface area contributed by atoms with E-state index in [4.69, 9.17) is 9.47 Å².